The lowest BCUT2D eigenvalue weighted by molar-refractivity contribution is -0.137. The first-order valence-corrected chi connectivity index (χ1v) is 9.76. The Morgan fingerprint density at radius 1 is 0.964 bits per heavy atom. The van der Waals surface area contributed by atoms with Crippen molar-refractivity contribution in [1.82, 2.24) is 16.0 Å². The van der Waals surface area contributed by atoms with E-state index in [0.29, 0.717) is 38.9 Å². The monoisotopic (exact) mass is 403 g/mol. The predicted octanol–water partition coefficient (Wildman–Crippen LogP) is -2.55. The van der Waals surface area contributed by atoms with Crippen LogP contribution in [0.3, 0.4) is 0 Å². The molecule has 0 aromatic carbocycles. The van der Waals surface area contributed by atoms with Gasteiger partial charge >= 0.3 is 0 Å². The minimum Gasteiger partial charge on any atom is -0.393 e. The fourth-order valence-electron chi connectivity index (χ4n) is 2.33. The van der Waals surface area contributed by atoms with Gasteiger partial charge in [0.25, 0.3) is 5.91 Å². The number of carbonyl (C=O) groups excluding carboxylic acids is 2. The number of hydrogen-bond donors (Lipinski definition) is 8. The van der Waals surface area contributed by atoms with E-state index in [-0.39, 0.29) is 12.4 Å². The third kappa shape index (κ3) is 16.2. The predicted molar refractivity (Wildman–Crippen MR) is 108 cm³/mol. The molecule has 2 atom stereocenters. The summed E-state index contributed by atoms with van der Waals surface area (Å²) in [6.45, 7) is 3.23. The first-order valence-electron chi connectivity index (χ1n) is 9.76. The Hall–Kier alpha value is -1.95. The second-order valence-corrected chi connectivity index (χ2v) is 6.52. The molecule has 11 heteroatoms. The SMILES string of the molecule is NCCCNCCCCNC(=O)[C@H](O)NC(=O)CC(O)CCCCN=C(N)N. The van der Waals surface area contributed by atoms with Gasteiger partial charge in [0.15, 0.2) is 5.96 Å². The molecule has 0 bridgehead atoms. The van der Waals surface area contributed by atoms with Gasteiger partial charge in [0.1, 0.15) is 0 Å². The molecule has 11 N–H and O–H groups in total. The highest BCUT2D eigenvalue weighted by molar-refractivity contribution is 5.86. The normalized spacial score (nSPS) is 12.8. The second-order valence-electron chi connectivity index (χ2n) is 6.52. The van der Waals surface area contributed by atoms with Crippen LogP contribution in [0.1, 0.15) is 44.9 Å². The van der Waals surface area contributed by atoms with E-state index >= 15 is 0 Å². The number of nitrogens with one attached hydrogen (secondary N) is 3. The van der Waals surface area contributed by atoms with Gasteiger partial charge in [-0.25, -0.2) is 0 Å². The van der Waals surface area contributed by atoms with Crippen molar-refractivity contribution in [3.63, 3.8) is 0 Å². The van der Waals surface area contributed by atoms with Crippen LogP contribution in [0.5, 0.6) is 0 Å². The summed E-state index contributed by atoms with van der Waals surface area (Å²) in [6, 6.07) is 0. The van der Waals surface area contributed by atoms with Gasteiger partial charge in [0.05, 0.1) is 12.5 Å². The van der Waals surface area contributed by atoms with Crippen molar-refractivity contribution in [1.29, 1.82) is 0 Å². The van der Waals surface area contributed by atoms with Gasteiger partial charge in [-0.1, -0.05) is 0 Å². The van der Waals surface area contributed by atoms with Crippen molar-refractivity contribution < 1.29 is 19.8 Å². The molecule has 0 spiro atoms. The summed E-state index contributed by atoms with van der Waals surface area (Å²) in [6.07, 6.45) is 1.60. The topological polar surface area (TPSA) is 201 Å². The average molecular weight is 404 g/mol. The number of rotatable bonds is 17. The molecule has 0 fully saturated rings. The van der Waals surface area contributed by atoms with Crippen LogP contribution in [0.25, 0.3) is 0 Å². The Labute approximate surface area is 166 Å². The molecule has 164 valence electrons. The molecule has 1 unspecified atom stereocenters. The molecule has 0 aliphatic carbocycles. The Morgan fingerprint density at radius 3 is 2.32 bits per heavy atom. The van der Waals surface area contributed by atoms with Gasteiger partial charge in [-0.05, 0) is 58.2 Å². The highest BCUT2D eigenvalue weighted by atomic mass is 16.3. The number of unbranched alkanes of at least 4 members (excludes halogenated alkanes) is 2. The molecule has 0 aromatic rings. The number of carbonyl (C=O) groups is 2. The molecule has 0 aromatic heterocycles. The highest BCUT2D eigenvalue weighted by Crippen LogP contribution is 2.05. The van der Waals surface area contributed by atoms with Crippen molar-refractivity contribution in [2.24, 2.45) is 22.2 Å². The van der Waals surface area contributed by atoms with E-state index in [1.54, 1.807) is 0 Å². The number of aliphatic hydroxyl groups is 2. The van der Waals surface area contributed by atoms with Crippen LogP contribution in [0.4, 0.5) is 0 Å². The van der Waals surface area contributed by atoms with E-state index in [9.17, 15) is 19.8 Å². The smallest absolute Gasteiger partial charge is 0.269 e. The maximum absolute atomic E-state index is 11.8. The van der Waals surface area contributed by atoms with Crippen LogP contribution < -0.4 is 33.2 Å². The van der Waals surface area contributed by atoms with Crippen molar-refractivity contribution in [3.05, 3.63) is 0 Å². The number of nitrogens with zero attached hydrogens (tertiary/aromatic N) is 1. The Kier molecular flexibility index (Phi) is 16.0. The molecule has 2 amide bonds. The fourth-order valence-corrected chi connectivity index (χ4v) is 2.33. The lowest BCUT2D eigenvalue weighted by Gasteiger charge is -2.15. The van der Waals surface area contributed by atoms with Crippen LogP contribution in [0.2, 0.25) is 0 Å². The molecule has 11 nitrogen and oxygen atoms in total. The molecule has 0 aliphatic heterocycles. The lowest BCUT2D eigenvalue weighted by Crippen LogP contribution is -2.47. The first-order chi connectivity index (χ1) is 13.4. The molecule has 0 heterocycles. The van der Waals surface area contributed by atoms with Crippen molar-refractivity contribution in [3.8, 4) is 0 Å². The van der Waals surface area contributed by atoms with Gasteiger partial charge < -0.3 is 43.4 Å². The van der Waals surface area contributed by atoms with Gasteiger partial charge in [0.2, 0.25) is 12.1 Å². The van der Waals surface area contributed by atoms with Crippen molar-refractivity contribution >= 4 is 17.8 Å². The van der Waals surface area contributed by atoms with Crippen LogP contribution in [0.15, 0.2) is 4.99 Å². The number of hydrogen-bond acceptors (Lipinski definition) is 7. The van der Waals surface area contributed by atoms with Gasteiger partial charge in [-0.2, -0.15) is 0 Å². The molecule has 0 aliphatic rings. The maximum Gasteiger partial charge on any atom is 0.269 e. The lowest BCUT2D eigenvalue weighted by atomic mass is 10.1. The largest absolute Gasteiger partial charge is 0.393 e. The minimum atomic E-state index is -1.63. The minimum absolute atomic E-state index is 0.0198. The number of amides is 2. The third-order valence-electron chi connectivity index (χ3n) is 3.84. The van der Waals surface area contributed by atoms with Crippen LogP contribution in [-0.2, 0) is 9.59 Å². The maximum atomic E-state index is 11.8. The molecule has 0 saturated heterocycles. The Bertz CT molecular complexity index is 459. The van der Waals surface area contributed by atoms with E-state index in [2.05, 4.69) is 20.9 Å². The van der Waals surface area contributed by atoms with Crippen LogP contribution >= 0.6 is 0 Å². The number of aliphatic hydroxyl groups excluding tert-OH is 2. The summed E-state index contributed by atoms with van der Waals surface area (Å²) >= 11 is 0. The van der Waals surface area contributed by atoms with Crippen LogP contribution in [0, 0.1) is 0 Å². The first kappa shape index (κ1) is 26.1. The molecule has 0 rings (SSSR count). The van der Waals surface area contributed by atoms with E-state index in [4.69, 9.17) is 17.2 Å². The standard InChI is InChI=1S/C17H37N7O4/c18-7-5-9-21-8-3-4-10-22-15(27)16(28)24-14(26)12-13(25)6-1-2-11-23-17(19)20/h13,16,21,25,28H,1-12,18H2,(H,22,27)(H,24,26)(H4,19,20,23)/t13?,16-/m0/s1. The van der Waals surface area contributed by atoms with E-state index in [1.165, 1.54) is 0 Å². The quantitative estimate of drug-likeness (QED) is 0.0561. The zero-order chi connectivity index (χ0) is 21.2. The number of nitrogens with two attached hydrogens (primary N) is 3. The van der Waals surface area contributed by atoms with Gasteiger partial charge in [-0.15, -0.1) is 0 Å². The molecular formula is C17H37N7O4. The summed E-state index contributed by atoms with van der Waals surface area (Å²) in [5, 5.41) is 27.5. The molecule has 0 saturated carbocycles. The zero-order valence-corrected chi connectivity index (χ0v) is 16.5. The molecule has 28 heavy (non-hydrogen) atoms. The van der Waals surface area contributed by atoms with Gasteiger partial charge in [0, 0.05) is 13.1 Å². The van der Waals surface area contributed by atoms with Crippen molar-refractivity contribution in [2.75, 3.05) is 32.7 Å². The molecule has 0 radical (unpaired) electrons. The van der Waals surface area contributed by atoms with Crippen molar-refractivity contribution in [2.45, 2.75) is 57.3 Å². The van der Waals surface area contributed by atoms with Gasteiger partial charge in [-0.3, -0.25) is 14.6 Å². The average Bonchev–Trinajstić information content (AvgIpc) is 2.62. The van der Waals surface area contributed by atoms with Crippen LogP contribution in [-0.4, -0.2) is 73.0 Å². The molecular weight excluding hydrogens is 366 g/mol. The third-order valence-corrected chi connectivity index (χ3v) is 3.84. The Balaban J connectivity index is 3.76. The van der Waals surface area contributed by atoms with E-state index in [0.717, 1.165) is 32.4 Å². The summed E-state index contributed by atoms with van der Waals surface area (Å²) < 4.78 is 0. The highest BCUT2D eigenvalue weighted by Gasteiger charge is 2.18. The van der Waals surface area contributed by atoms with E-state index < -0.39 is 24.1 Å². The number of guanidine groups is 1. The summed E-state index contributed by atoms with van der Waals surface area (Å²) in [5.41, 5.74) is 15.8. The summed E-state index contributed by atoms with van der Waals surface area (Å²) in [4.78, 5) is 27.3. The summed E-state index contributed by atoms with van der Waals surface area (Å²) in [5.74, 6) is -1.24. The van der Waals surface area contributed by atoms with E-state index in [1.807, 2.05) is 0 Å². The Morgan fingerprint density at radius 2 is 1.64 bits per heavy atom. The fraction of sp³-hybridized carbons (Fsp3) is 0.824. The second kappa shape index (κ2) is 17.2. The number of aliphatic imine (C=N–C) groups is 1. The summed E-state index contributed by atoms with van der Waals surface area (Å²) in [7, 11) is 0. The zero-order valence-electron chi connectivity index (χ0n) is 16.5.